The van der Waals surface area contributed by atoms with Gasteiger partial charge in [-0.3, -0.25) is 4.90 Å². The average molecular weight is 298 g/mol. The highest BCUT2D eigenvalue weighted by Crippen LogP contribution is 2.22. The third-order valence-corrected chi connectivity index (χ3v) is 3.40. The maximum atomic E-state index is 12.4. The van der Waals surface area contributed by atoms with Crippen molar-refractivity contribution in [1.82, 2.24) is 9.88 Å². The molecule has 2 rings (SSSR count). The molecule has 7 heteroatoms. The van der Waals surface area contributed by atoms with E-state index in [1.165, 1.54) is 4.90 Å². The molecule has 21 heavy (non-hydrogen) atoms. The highest BCUT2D eigenvalue weighted by atomic mass is 19.4. The van der Waals surface area contributed by atoms with Gasteiger partial charge in [0.05, 0.1) is 12.1 Å². The van der Waals surface area contributed by atoms with E-state index < -0.39 is 12.7 Å². The Hall–Kier alpha value is -1.81. The summed E-state index contributed by atoms with van der Waals surface area (Å²) in [5.41, 5.74) is 1.17. The van der Waals surface area contributed by atoms with Crippen molar-refractivity contribution < 1.29 is 13.2 Å². The lowest BCUT2D eigenvalue weighted by atomic mass is 10.1. The summed E-state index contributed by atoms with van der Waals surface area (Å²) in [4.78, 5) is 5.66. The molecule has 1 aromatic rings. The van der Waals surface area contributed by atoms with Crippen molar-refractivity contribution in [3.63, 3.8) is 0 Å². The molecule has 114 valence electrons. The minimum Gasteiger partial charge on any atom is -0.365 e. The van der Waals surface area contributed by atoms with Crippen LogP contribution in [-0.4, -0.2) is 41.7 Å². The second-order valence-electron chi connectivity index (χ2n) is 5.29. The van der Waals surface area contributed by atoms with Crippen LogP contribution >= 0.6 is 0 Å². The van der Waals surface area contributed by atoms with Gasteiger partial charge in [0.15, 0.2) is 0 Å². The van der Waals surface area contributed by atoms with E-state index in [2.05, 4.69) is 10.3 Å². The molecule has 2 heterocycles. The highest BCUT2D eigenvalue weighted by molar-refractivity contribution is 5.52. The van der Waals surface area contributed by atoms with Crippen molar-refractivity contribution in [3.8, 4) is 6.07 Å². The maximum absolute atomic E-state index is 12.4. The fourth-order valence-corrected chi connectivity index (χ4v) is 2.52. The number of anilines is 1. The second-order valence-corrected chi connectivity index (χ2v) is 5.29. The van der Waals surface area contributed by atoms with E-state index in [9.17, 15) is 13.2 Å². The molecular formula is C14H17F3N4. The number of halogens is 3. The van der Waals surface area contributed by atoms with Crippen molar-refractivity contribution in [3.05, 3.63) is 23.4 Å². The van der Waals surface area contributed by atoms with E-state index in [1.807, 2.05) is 13.0 Å². The van der Waals surface area contributed by atoms with Crippen molar-refractivity contribution in [2.45, 2.75) is 32.0 Å². The Morgan fingerprint density at radius 3 is 2.90 bits per heavy atom. The summed E-state index contributed by atoms with van der Waals surface area (Å²) >= 11 is 0. The molecule has 0 amide bonds. The lowest BCUT2D eigenvalue weighted by Gasteiger charge is -2.33. The van der Waals surface area contributed by atoms with Crippen LogP contribution in [0.4, 0.5) is 19.0 Å². The zero-order valence-electron chi connectivity index (χ0n) is 11.7. The van der Waals surface area contributed by atoms with E-state index in [1.54, 1.807) is 12.1 Å². The molecule has 0 bridgehead atoms. The first-order valence-electron chi connectivity index (χ1n) is 6.81. The number of hydrogen-bond acceptors (Lipinski definition) is 4. The van der Waals surface area contributed by atoms with E-state index in [0.717, 1.165) is 12.1 Å². The van der Waals surface area contributed by atoms with Gasteiger partial charge in [-0.25, -0.2) is 4.98 Å². The highest BCUT2D eigenvalue weighted by Gasteiger charge is 2.33. The van der Waals surface area contributed by atoms with Gasteiger partial charge in [0.25, 0.3) is 0 Å². The van der Waals surface area contributed by atoms with Crippen LogP contribution in [0, 0.1) is 18.3 Å². The zero-order valence-corrected chi connectivity index (χ0v) is 11.7. The third-order valence-electron chi connectivity index (χ3n) is 3.40. The van der Waals surface area contributed by atoms with E-state index in [0.29, 0.717) is 30.9 Å². The number of likely N-dealkylation sites (tertiary alicyclic amines) is 1. The van der Waals surface area contributed by atoms with Gasteiger partial charge in [-0.15, -0.1) is 0 Å². The lowest BCUT2D eigenvalue weighted by Crippen LogP contribution is -2.46. The van der Waals surface area contributed by atoms with E-state index >= 15 is 0 Å². The molecule has 4 nitrogen and oxygen atoms in total. The Morgan fingerprint density at radius 1 is 1.48 bits per heavy atom. The number of aromatic nitrogens is 1. The van der Waals surface area contributed by atoms with Gasteiger partial charge in [-0.05, 0) is 38.4 Å². The number of alkyl halides is 3. The minimum atomic E-state index is -4.18. The monoisotopic (exact) mass is 298 g/mol. The number of hydrogen-bond donors (Lipinski definition) is 1. The van der Waals surface area contributed by atoms with Crippen LogP contribution in [0.5, 0.6) is 0 Å². The van der Waals surface area contributed by atoms with Crippen LogP contribution < -0.4 is 5.32 Å². The van der Waals surface area contributed by atoms with Crippen molar-refractivity contribution in [1.29, 1.82) is 5.26 Å². The number of nitrogens with one attached hydrogen (secondary N) is 1. The summed E-state index contributed by atoms with van der Waals surface area (Å²) < 4.78 is 37.3. The average Bonchev–Trinajstić information content (AvgIpc) is 2.37. The normalized spacial score (nSPS) is 20.0. The van der Waals surface area contributed by atoms with E-state index in [4.69, 9.17) is 5.26 Å². The number of piperidine rings is 1. The van der Waals surface area contributed by atoms with Crippen molar-refractivity contribution >= 4 is 5.82 Å². The summed E-state index contributed by atoms with van der Waals surface area (Å²) in [5, 5.41) is 12.2. The number of rotatable bonds is 3. The zero-order chi connectivity index (χ0) is 15.5. The summed E-state index contributed by atoms with van der Waals surface area (Å²) in [7, 11) is 0. The first-order valence-corrected chi connectivity index (χ1v) is 6.81. The molecule has 1 atom stereocenters. The van der Waals surface area contributed by atoms with Crippen LogP contribution in [0.3, 0.4) is 0 Å². The predicted octanol–water partition coefficient (Wildman–Crippen LogP) is 2.70. The molecule has 0 aliphatic carbocycles. The smallest absolute Gasteiger partial charge is 0.365 e. The van der Waals surface area contributed by atoms with Crippen LogP contribution in [0.15, 0.2) is 12.1 Å². The Bertz CT molecular complexity index is 536. The van der Waals surface area contributed by atoms with Crippen molar-refractivity contribution in [2.75, 3.05) is 25.0 Å². The molecule has 0 radical (unpaired) electrons. The predicted molar refractivity (Wildman–Crippen MR) is 72.8 cm³/mol. The largest absolute Gasteiger partial charge is 0.401 e. The Morgan fingerprint density at radius 2 is 2.24 bits per heavy atom. The molecule has 1 saturated heterocycles. The van der Waals surface area contributed by atoms with Gasteiger partial charge in [-0.1, -0.05) is 0 Å². The van der Waals surface area contributed by atoms with Gasteiger partial charge in [0, 0.05) is 18.3 Å². The summed E-state index contributed by atoms with van der Waals surface area (Å²) in [5.74, 6) is 0.455. The quantitative estimate of drug-likeness (QED) is 0.932. The Balaban J connectivity index is 2.03. The molecule has 1 unspecified atom stereocenters. The van der Waals surface area contributed by atoms with Crippen LogP contribution in [0.1, 0.15) is 24.1 Å². The first kappa shape index (κ1) is 15.6. The fraction of sp³-hybridized carbons (Fsp3) is 0.571. The first-order chi connectivity index (χ1) is 9.87. The summed E-state index contributed by atoms with van der Waals surface area (Å²) in [6.07, 6.45) is -2.71. The lowest BCUT2D eigenvalue weighted by molar-refractivity contribution is -0.147. The molecule has 1 fully saturated rings. The standard InChI is InChI=1S/C14H17F3N4/c1-10-4-5-11(7-18)13(19-10)20-12-3-2-6-21(8-12)9-14(15,16)17/h4-5,12H,2-3,6,8-9H2,1H3,(H,19,20). The third kappa shape index (κ3) is 4.60. The number of pyridine rings is 1. The van der Waals surface area contributed by atoms with Gasteiger partial charge < -0.3 is 5.32 Å². The molecule has 1 aromatic heterocycles. The second kappa shape index (κ2) is 6.31. The van der Waals surface area contributed by atoms with E-state index in [-0.39, 0.29) is 6.04 Å². The number of aryl methyl sites for hydroxylation is 1. The van der Waals surface area contributed by atoms with Gasteiger partial charge >= 0.3 is 6.18 Å². The maximum Gasteiger partial charge on any atom is 0.401 e. The SMILES string of the molecule is Cc1ccc(C#N)c(NC2CCCN(CC(F)(F)F)C2)n1. The Labute approximate surface area is 121 Å². The summed E-state index contributed by atoms with van der Waals surface area (Å²) in [6, 6.07) is 5.32. The summed E-state index contributed by atoms with van der Waals surface area (Å²) in [6.45, 7) is 1.67. The molecule has 0 aromatic carbocycles. The van der Waals surface area contributed by atoms with Gasteiger partial charge in [0.1, 0.15) is 11.9 Å². The van der Waals surface area contributed by atoms with Gasteiger partial charge in [-0.2, -0.15) is 18.4 Å². The topological polar surface area (TPSA) is 52.0 Å². The fourth-order valence-electron chi connectivity index (χ4n) is 2.52. The van der Waals surface area contributed by atoms with Crippen LogP contribution in [-0.2, 0) is 0 Å². The minimum absolute atomic E-state index is 0.123. The Kier molecular flexibility index (Phi) is 4.68. The molecule has 1 aliphatic rings. The number of nitrogens with zero attached hydrogens (tertiary/aromatic N) is 3. The van der Waals surface area contributed by atoms with Crippen LogP contribution in [0.2, 0.25) is 0 Å². The molecular weight excluding hydrogens is 281 g/mol. The molecule has 1 aliphatic heterocycles. The number of nitriles is 1. The molecule has 0 saturated carbocycles. The van der Waals surface area contributed by atoms with Crippen LogP contribution in [0.25, 0.3) is 0 Å². The van der Waals surface area contributed by atoms with Gasteiger partial charge in [0.2, 0.25) is 0 Å². The molecule has 0 spiro atoms. The molecule has 1 N–H and O–H groups in total. The van der Waals surface area contributed by atoms with Crippen molar-refractivity contribution in [2.24, 2.45) is 0 Å².